The van der Waals surface area contributed by atoms with Crippen molar-refractivity contribution in [1.29, 1.82) is 0 Å². The standard InChI is InChI=1S/C22H23N3O4/c1-16(26)21(22(27)23-18-7-11-20(12-8-18)25(28)29)15-17-5-9-19(10-6-17)24-13-3-2-4-14-24/h5-12,15H,2-4,13-14H2,1H3,(H,23,27)/b21-15+. The van der Waals surface area contributed by atoms with E-state index in [0.29, 0.717) is 5.69 Å². The van der Waals surface area contributed by atoms with Crippen LogP contribution in [-0.4, -0.2) is 29.7 Å². The van der Waals surface area contributed by atoms with Crippen molar-refractivity contribution < 1.29 is 14.5 Å². The minimum Gasteiger partial charge on any atom is -0.372 e. The first-order chi connectivity index (χ1) is 13.9. The minimum atomic E-state index is -0.550. The average Bonchev–Trinajstić information content (AvgIpc) is 2.73. The highest BCUT2D eigenvalue weighted by Crippen LogP contribution is 2.22. The number of Topliss-reactive ketones (excluding diaryl/α,β-unsaturated/α-hetero) is 1. The van der Waals surface area contributed by atoms with Crippen LogP contribution < -0.4 is 10.2 Å². The van der Waals surface area contributed by atoms with Gasteiger partial charge in [-0.2, -0.15) is 0 Å². The number of anilines is 2. The van der Waals surface area contributed by atoms with Gasteiger partial charge in [0, 0.05) is 36.6 Å². The summed E-state index contributed by atoms with van der Waals surface area (Å²) in [6.45, 7) is 3.43. The second-order valence-electron chi connectivity index (χ2n) is 7.01. The molecule has 1 N–H and O–H groups in total. The van der Waals surface area contributed by atoms with Crippen molar-refractivity contribution in [1.82, 2.24) is 0 Å². The molecule has 0 radical (unpaired) electrons. The molecule has 2 aromatic rings. The Hall–Kier alpha value is -3.48. The number of nitrogens with zero attached hydrogens (tertiary/aromatic N) is 2. The Morgan fingerprint density at radius 3 is 2.17 bits per heavy atom. The second kappa shape index (κ2) is 9.14. The van der Waals surface area contributed by atoms with Crippen molar-refractivity contribution in [3.63, 3.8) is 0 Å². The predicted molar refractivity (Wildman–Crippen MR) is 113 cm³/mol. The molecule has 0 atom stereocenters. The fourth-order valence-electron chi connectivity index (χ4n) is 3.29. The van der Waals surface area contributed by atoms with Crippen LogP contribution in [-0.2, 0) is 9.59 Å². The van der Waals surface area contributed by atoms with E-state index in [0.717, 1.165) is 24.3 Å². The van der Waals surface area contributed by atoms with Gasteiger partial charge in [-0.1, -0.05) is 12.1 Å². The highest BCUT2D eigenvalue weighted by molar-refractivity contribution is 6.25. The molecular formula is C22H23N3O4. The molecule has 7 nitrogen and oxygen atoms in total. The summed E-state index contributed by atoms with van der Waals surface area (Å²) in [6, 6.07) is 13.3. The molecule has 1 fully saturated rings. The number of hydrogen-bond acceptors (Lipinski definition) is 5. The van der Waals surface area contributed by atoms with Crippen LogP contribution >= 0.6 is 0 Å². The van der Waals surface area contributed by atoms with E-state index in [1.807, 2.05) is 24.3 Å². The SMILES string of the molecule is CC(=O)/C(=C\c1ccc(N2CCCCC2)cc1)C(=O)Nc1ccc([N+](=O)[O-])cc1. The maximum Gasteiger partial charge on any atom is 0.269 e. The molecule has 3 rings (SSSR count). The van der Waals surface area contributed by atoms with E-state index in [9.17, 15) is 19.7 Å². The predicted octanol–water partition coefficient (Wildman–Crippen LogP) is 4.20. The Balaban J connectivity index is 1.74. The number of nitrogens with one attached hydrogen (secondary N) is 1. The van der Waals surface area contributed by atoms with E-state index in [1.54, 1.807) is 6.08 Å². The van der Waals surface area contributed by atoms with Crippen LogP contribution in [0.2, 0.25) is 0 Å². The minimum absolute atomic E-state index is 0.0223. The molecule has 1 heterocycles. The smallest absolute Gasteiger partial charge is 0.269 e. The van der Waals surface area contributed by atoms with Gasteiger partial charge in [0.15, 0.2) is 5.78 Å². The third kappa shape index (κ3) is 5.28. The summed E-state index contributed by atoms with van der Waals surface area (Å²) < 4.78 is 0. The van der Waals surface area contributed by atoms with Crippen LogP contribution in [0.15, 0.2) is 54.1 Å². The molecule has 0 unspecified atom stereocenters. The van der Waals surface area contributed by atoms with Crippen molar-refractivity contribution in [3.05, 3.63) is 69.8 Å². The normalized spacial score (nSPS) is 14.4. The molecule has 0 spiro atoms. The highest BCUT2D eigenvalue weighted by Gasteiger charge is 2.16. The first-order valence-electron chi connectivity index (χ1n) is 9.57. The molecule has 29 heavy (non-hydrogen) atoms. The van der Waals surface area contributed by atoms with E-state index < -0.39 is 10.8 Å². The molecule has 1 aliphatic rings. The fourth-order valence-corrected chi connectivity index (χ4v) is 3.29. The zero-order valence-corrected chi connectivity index (χ0v) is 16.3. The number of rotatable bonds is 6. The Morgan fingerprint density at radius 2 is 1.62 bits per heavy atom. The quantitative estimate of drug-likeness (QED) is 0.261. The van der Waals surface area contributed by atoms with Crippen molar-refractivity contribution in [3.8, 4) is 0 Å². The fraction of sp³-hybridized carbons (Fsp3) is 0.273. The van der Waals surface area contributed by atoms with Gasteiger partial charge in [0.05, 0.1) is 10.5 Å². The lowest BCUT2D eigenvalue weighted by atomic mass is 10.1. The second-order valence-corrected chi connectivity index (χ2v) is 7.01. The van der Waals surface area contributed by atoms with Crippen LogP contribution in [0.1, 0.15) is 31.7 Å². The van der Waals surface area contributed by atoms with E-state index in [2.05, 4.69) is 10.2 Å². The molecular weight excluding hydrogens is 370 g/mol. The van der Waals surface area contributed by atoms with Gasteiger partial charge >= 0.3 is 0 Å². The van der Waals surface area contributed by atoms with Gasteiger partial charge in [0.25, 0.3) is 11.6 Å². The molecule has 1 saturated heterocycles. The maximum absolute atomic E-state index is 12.5. The van der Waals surface area contributed by atoms with Crippen molar-refractivity contribution in [2.24, 2.45) is 0 Å². The first-order valence-corrected chi connectivity index (χ1v) is 9.57. The van der Waals surface area contributed by atoms with Gasteiger partial charge in [-0.25, -0.2) is 0 Å². The Labute approximate surface area is 169 Å². The largest absolute Gasteiger partial charge is 0.372 e. The topological polar surface area (TPSA) is 92.6 Å². The number of nitro groups is 1. The average molecular weight is 393 g/mol. The molecule has 2 aromatic carbocycles. The zero-order chi connectivity index (χ0) is 20.8. The summed E-state index contributed by atoms with van der Waals surface area (Å²) in [5, 5.41) is 13.3. The van der Waals surface area contributed by atoms with E-state index in [1.165, 1.54) is 50.5 Å². The molecule has 0 saturated carbocycles. The molecule has 0 aromatic heterocycles. The third-order valence-electron chi connectivity index (χ3n) is 4.89. The van der Waals surface area contributed by atoms with Gasteiger partial charge in [-0.3, -0.25) is 19.7 Å². The lowest BCUT2D eigenvalue weighted by molar-refractivity contribution is -0.384. The number of amides is 1. The number of ketones is 1. The highest BCUT2D eigenvalue weighted by atomic mass is 16.6. The lowest BCUT2D eigenvalue weighted by Crippen LogP contribution is -2.29. The number of carbonyl (C=O) groups is 2. The van der Waals surface area contributed by atoms with Crippen LogP contribution in [0, 0.1) is 10.1 Å². The molecule has 150 valence electrons. The Kier molecular flexibility index (Phi) is 6.39. The summed E-state index contributed by atoms with van der Waals surface area (Å²) in [6.07, 6.45) is 5.21. The van der Waals surface area contributed by atoms with Crippen LogP contribution in [0.25, 0.3) is 6.08 Å². The third-order valence-corrected chi connectivity index (χ3v) is 4.89. The molecule has 0 aliphatic carbocycles. The van der Waals surface area contributed by atoms with Gasteiger partial charge in [-0.15, -0.1) is 0 Å². The maximum atomic E-state index is 12.5. The first kappa shape index (κ1) is 20.3. The summed E-state index contributed by atoms with van der Waals surface area (Å²) in [7, 11) is 0. The molecule has 7 heteroatoms. The van der Waals surface area contributed by atoms with Crippen LogP contribution in [0.4, 0.5) is 17.1 Å². The number of carbonyl (C=O) groups excluding carboxylic acids is 2. The van der Waals surface area contributed by atoms with Crippen molar-refractivity contribution in [2.45, 2.75) is 26.2 Å². The van der Waals surface area contributed by atoms with E-state index in [4.69, 9.17) is 0 Å². The molecule has 1 amide bonds. The molecule has 0 bridgehead atoms. The summed E-state index contributed by atoms with van der Waals surface area (Å²) in [5.74, 6) is -0.907. The number of non-ortho nitro benzene ring substituents is 1. The summed E-state index contributed by atoms with van der Waals surface area (Å²) in [5.41, 5.74) is 2.23. The van der Waals surface area contributed by atoms with Gasteiger partial charge < -0.3 is 10.2 Å². The van der Waals surface area contributed by atoms with E-state index >= 15 is 0 Å². The van der Waals surface area contributed by atoms with Gasteiger partial charge in [0.2, 0.25) is 0 Å². The van der Waals surface area contributed by atoms with Gasteiger partial charge in [-0.05, 0) is 62.1 Å². The number of piperidine rings is 1. The monoisotopic (exact) mass is 393 g/mol. The Bertz CT molecular complexity index is 928. The molecule has 1 aliphatic heterocycles. The summed E-state index contributed by atoms with van der Waals surface area (Å²) in [4.78, 5) is 37.1. The number of hydrogen-bond donors (Lipinski definition) is 1. The van der Waals surface area contributed by atoms with Crippen LogP contribution in [0.3, 0.4) is 0 Å². The Morgan fingerprint density at radius 1 is 1.00 bits per heavy atom. The van der Waals surface area contributed by atoms with Crippen molar-refractivity contribution in [2.75, 3.05) is 23.3 Å². The van der Waals surface area contributed by atoms with Crippen LogP contribution in [0.5, 0.6) is 0 Å². The summed E-state index contributed by atoms with van der Waals surface area (Å²) >= 11 is 0. The number of nitro benzene ring substituents is 1. The van der Waals surface area contributed by atoms with Crippen molar-refractivity contribution >= 4 is 34.8 Å². The lowest BCUT2D eigenvalue weighted by Gasteiger charge is -2.28. The number of benzene rings is 2. The van der Waals surface area contributed by atoms with E-state index in [-0.39, 0.29) is 17.0 Å². The van der Waals surface area contributed by atoms with Gasteiger partial charge in [0.1, 0.15) is 0 Å². The zero-order valence-electron chi connectivity index (χ0n) is 16.3.